The van der Waals surface area contributed by atoms with Gasteiger partial charge in [-0.05, 0) is 45.4 Å². The number of hydrogen-bond donors (Lipinski definition) is 3. The monoisotopic (exact) mass is 348 g/mol. The molecule has 0 heterocycles. The minimum absolute atomic E-state index is 0.0385. The van der Waals surface area contributed by atoms with Crippen LogP contribution < -0.4 is 20.8 Å². The van der Waals surface area contributed by atoms with E-state index in [0.29, 0.717) is 17.1 Å². The van der Waals surface area contributed by atoms with Crippen molar-refractivity contribution in [3.63, 3.8) is 0 Å². The molecule has 0 fully saturated rings. The number of carbonyl (C=O) groups is 3. The highest BCUT2D eigenvalue weighted by atomic mass is 16.5. The number of aryl methyl sites for hydroxylation is 1. The Morgan fingerprint density at radius 1 is 1.20 bits per heavy atom. The summed E-state index contributed by atoms with van der Waals surface area (Å²) >= 11 is 0. The van der Waals surface area contributed by atoms with E-state index in [4.69, 9.17) is 4.74 Å². The predicted molar refractivity (Wildman–Crippen MR) is 95.5 cm³/mol. The Bertz CT molecular complexity index is 683. The highest BCUT2D eigenvalue weighted by Gasteiger charge is 2.14. The number of methoxy groups -OCH3 is 1. The van der Waals surface area contributed by atoms with Crippen LogP contribution in [-0.4, -0.2) is 36.6 Å². The van der Waals surface area contributed by atoms with Gasteiger partial charge in [-0.3, -0.25) is 14.4 Å². The number of amides is 3. The summed E-state index contributed by atoms with van der Waals surface area (Å²) in [4.78, 5) is 35.1. The van der Waals surface area contributed by atoms with Crippen LogP contribution in [0.15, 0.2) is 23.3 Å². The molecule has 3 N–H and O–H groups in total. The van der Waals surface area contributed by atoms with Crippen LogP contribution in [0.5, 0.6) is 5.75 Å². The highest BCUT2D eigenvalue weighted by Crippen LogP contribution is 2.25. The maximum atomic E-state index is 12.1. The topological polar surface area (TPSA) is 109 Å². The Morgan fingerprint density at radius 2 is 1.88 bits per heavy atom. The van der Waals surface area contributed by atoms with E-state index in [2.05, 4.69) is 21.2 Å². The van der Waals surface area contributed by atoms with Crippen LogP contribution in [0.1, 0.15) is 32.8 Å². The van der Waals surface area contributed by atoms with E-state index in [1.54, 1.807) is 32.9 Å². The van der Waals surface area contributed by atoms with E-state index in [1.807, 2.05) is 13.0 Å². The van der Waals surface area contributed by atoms with Crippen LogP contribution in [0.25, 0.3) is 0 Å². The molecule has 0 unspecified atom stereocenters. The maximum Gasteiger partial charge on any atom is 0.329 e. The van der Waals surface area contributed by atoms with E-state index in [1.165, 1.54) is 7.11 Å². The molecule has 1 aromatic carbocycles. The zero-order valence-electron chi connectivity index (χ0n) is 15.1. The second-order valence-electron chi connectivity index (χ2n) is 5.84. The first-order chi connectivity index (χ1) is 11.7. The number of anilines is 1. The van der Waals surface area contributed by atoms with E-state index >= 15 is 0 Å². The average Bonchev–Trinajstić information content (AvgIpc) is 2.52. The van der Waals surface area contributed by atoms with Gasteiger partial charge in [0.25, 0.3) is 0 Å². The third kappa shape index (κ3) is 7.03. The fourth-order valence-corrected chi connectivity index (χ4v) is 1.91. The Labute approximate surface area is 147 Å². The molecule has 0 bridgehead atoms. The van der Waals surface area contributed by atoms with Crippen molar-refractivity contribution in [3.05, 3.63) is 23.8 Å². The van der Waals surface area contributed by atoms with Crippen molar-refractivity contribution in [1.29, 1.82) is 0 Å². The number of carbonyl (C=O) groups excluding carboxylic acids is 3. The molecule has 1 aromatic rings. The second-order valence-corrected chi connectivity index (χ2v) is 5.84. The van der Waals surface area contributed by atoms with Gasteiger partial charge in [0.2, 0.25) is 5.91 Å². The summed E-state index contributed by atoms with van der Waals surface area (Å²) in [5.41, 5.74) is 4.01. The van der Waals surface area contributed by atoms with E-state index in [0.717, 1.165) is 5.56 Å². The third-order valence-corrected chi connectivity index (χ3v) is 3.02. The molecule has 0 saturated carbocycles. The molecule has 0 radical (unpaired) electrons. The molecule has 3 amide bonds. The predicted octanol–water partition coefficient (Wildman–Crippen LogP) is 1.35. The highest BCUT2D eigenvalue weighted by molar-refractivity contribution is 6.35. The van der Waals surface area contributed by atoms with Gasteiger partial charge < -0.3 is 15.4 Å². The van der Waals surface area contributed by atoms with Crippen molar-refractivity contribution in [2.45, 2.75) is 40.2 Å². The number of hydrazone groups is 1. The standard InChI is InChI=1S/C17H24N4O4/c1-10(2)18-16(23)17(24)21-20-12(4)9-15(22)19-13-8-11(3)6-7-14(13)25-5/h6-8,10H,9H2,1-5H3,(H,18,23)(H,19,22)(H,21,24)/b20-12+. The minimum atomic E-state index is -0.881. The fraction of sp³-hybridized carbons (Fsp3) is 0.412. The van der Waals surface area contributed by atoms with Gasteiger partial charge in [-0.25, -0.2) is 5.43 Å². The van der Waals surface area contributed by atoms with Gasteiger partial charge in [-0.2, -0.15) is 5.10 Å². The molecule has 1 rings (SSSR count). The van der Waals surface area contributed by atoms with Crippen molar-refractivity contribution in [2.24, 2.45) is 5.10 Å². The summed E-state index contributed by atoms with van der Waals surface area (Å²) in [5.74, 6) is -1.42. The number of nitrogens with zero attached hydrogens (tertiary/aromatic N) is 1. The number of ether oxygens (including phenoxy) is 1. The lowest BCUT2D eigenvalue weighted by Gasteiger charge is -2.11. The van der Waals surface area contributed by atoms with Crippen LogP contribution in [0.3, 0.4) is 0 Å². The molecule has 0 aliphatic heterocycles. The molecule has 0 aliphatic carbocycles. The maximum absolute atomic E-state index is 12.1. The second kappa shape index (κ2) is 9.41. The summed E-state index contributed by atoms with van der Waals surface area (Å²) in [6.45, 7) is 6.96. The molecular weight excluding hydrogens is 324 g/mol. The zero-order chi connectivity index (χ0) is 19.0. The van der Waals surface area contributed by atoms with Gasteiger partial charge in [-0.1, -0.05) is 6.07 Å². The van der Waals surface area contributed by atoms with Gasteiger partial charge in [0.1, 0.15) is 5.75 Å². The summed E-state index contributed by atoms with van der Waals surface area (Å²) < 4.78 is 5.20. The van der Waals surface area contributed by atoms with Gasteiger partial charge in [0, 0.05) is 11.8 Å². The van der Waals surface area contributed by atoms with Crippen LogP contribution in [-0.2, 0) is 14.4 Å². The lowest BCUT2D eigenvalue weighted by atomic mass is 10.2. The Morgan fingerprint density at radius 3 is 2.48 bits per heavy atom. The summed E-state index contributed by atoms with van der Waals surface area (Å²) in [6, 6.07) is 5.28. The Hall–Kier alpha value is -2.90. The number of nitrogens with one attached hydrogen (secondary N) is 3. The molecule has 8 heteroatoms. The molecule has 0 aromatic heterocycles. The molecule has 8 nitrogen and oxygen atoms in total. The lowest BCUT2D eigenvalue weighted by molar-refractivity contribution is -0.139. The van der Waals surface area contributed by atoms with Gasteiger partial charge >= 0.3 is 11.8 Å². The van der Waals surface area contributed by atoms with Gasteiger partial charge in [-0.15, -0.1) is 0 Å². The first-order valence-corrected chi connectivity index (χ1v) is 7.81. The van der Waals surface area contributed by atoms with Crippen LogP contribution in [0.4, 0.5) is 5.69 Å². The number of hydrogen-bond acceptors (Lipinski definition) is 5. The van der Waals surface area contributed by atoms with Crippen LogP contribution in [0.2, 0.25) is 0 Å². The average molecular weight is 348 g/mol. The Balaban J connectivity index is 2.60. The third-order valence-electron chi connectivity index (χ3n) is 3.02. The molecule has 136 valence electrons. The van der Waals surface area contributed by atoms with E-state index < -0.39 is 11.8 Å². The summed E-state index contributed by atoms with van der Waals surface area (Å²) in [7, 11) is 1.52. The fourth-order valence-electron chi connectivity index (χ4n) is 1.91. The number of rotatable bonds is 6. The van der Waals surface area contributed by atoms with Crippen molar-refractivity contribution >= 4 is 29.1 Å². The molecule has 0 spiro atoms. The summed E-state index contributed by atoms with van der Waals surface area (Å²) in [5, 5.41) is 8.94. The van der Waals surface area contributed by atoms with Crippen molar-refractivity contribution in [2.75, 3.05) is 12.4 Å². The first kappa shape index (κ1) is 20.1. The van der Waals surface area contributed by atoms with Crippen molar-refractivity contribution in [1.82, 2.24) is 10.7 Å². The smallest absolute Gasteiger partial charge is 0.329 e. The SMILES string of the molecule is COc1ccc(C)cc1NC(=O)C/C(C)=N/NC(=O)C(=O)NC(C)C. The number of benzene rings is 1. The van der Waals surface area contributed by atoms with Crippen molar-refractivity contribution in [3.8, 4) is 5.75 Å². The van der Waals surface area contributed by atoms with E-state index in [-0.39, 0.29) is 18.4 Å². The van der Waals surface area contributed by atoms with Crippen molar-refractivity contribution < 1.29 is 19.1 Å². The van der Waals surface area contributed by atoms with Crippen LogP contribution >= 0.6 is 0 Å². The molecule has 0 saturated heterocycles. The van der Waals surface area contributed by atoms with Gasteiger partial charge in [0.05, 0.1) is 19.2 Å². The largest absolute Gasteiger partial charge is 0.495 e. The molecule has 25 heavy (non-hydrogen) atoms. The summed E-state index contributed by atoms with van der Waals surface area (Å²) in [6.07, 6.45) is -0.0385. The quantitative estimate of drug-likeness (QED) is 0.409. The minimum Gasteiger partial charge on any atom is -0.495 e. The zero-order valence-corrected chi connectivity index (χ0v) is 15.1. The molecule has 0 aliphatic rings. The Kier molecular flexibility index (Phi) is 7.58. The molecule has 0 atom stereocenters. The molecular formula is C17H24N4O4. The van der Waals surface area contributed by atoms with E-state index in [9.17, 15) is 14.4 Å². The lowest BCUT2D eigenvalue weighted by Crippen LogP contribution is -2.41. The first-order valence-electron chi connectivity index (χ1n) is 7.81. The van der Waals surface area contributed by atoms with Gasteiger partial charge in [0.15, 0.2) is 0 Å². The van der Waals surface area contributed by atoms with Crippen LogP contribution in [0, 0.1) is 6.92 Å². The normalized spacial score (nSPS) is 11.0.